The van der Waals surface area contributed by atoms with Crippen LogP contribution in [0, 0.1) is 23.7 Å². The first-order valence-corrected chi connectivity index (χ1v) is 14.7. The van der Waals surface area contributed by atoms with Crippen LogP contribution >= 0.6 is 0 Å². The zero-order chi connectivity index (χ0) is 28.9. The van der Waals surface area contributed by atoms with Crippen LogP contribution in [0.1, 0.15) is 98.8 Å². The number of hydrogen-bond donors (Lipinski definition) is 3. The number of likely N-dealkylation sites (tertiary alicyclic amines) is 1. The summed E-state index contributed by atoms with van der Waals surface area (Å²) in [4.78, 5) is 66.1. The summed E-state index contributed by atoms with van der Waals surface area (Å²) in [7, 11) is 0. The fourth-order valence-corrected chi connectivity index (χ4v) is 6.04. The van der Waals surface area contributed by atoms with Crippen LogP contribution in [-0.4, -0.2) is 69.9 Å². The monoisotopic (exact) mass is 549 g/mol. The van der Waals surface area contributed by atoms with Gasteiger partial charge in [0.2, 0.25) is 11.8 Å². The molecule has 0 aromatic heterocycles. The van der Waals surface area contributed by atoms with E-state index in [1.807, 2.05) is 13.8 Å². The number of carbonyl (C=O) groups is 5. The first kappa shape index (κ1) is 30.9. The summed E-state index contributed by atoms with van der Waals surface area (Å²) in [6, 6.07) is -2.81. The third-order valence-electron chi connectivity index (χ3n) is 8.32. The molecule has 220 valence electrons. The number of nitrogens with zero attached hydrogens (tertiary/aromatic N) is 1. The van der Waals surface area contributed by atoms with Gasteiger partial charge in [-0.2, -0.15) is 0 Å². The van der Waals surface area contributed by atoms with Crippen LogP contribution in [0.15, 0.2) is 0 Å². The highest BCUT2D eigenvalue weighted by atomic mass is 16.6. The van der Waals surface area contributed by atoms with Crippen LogP contribution < -0.4 is 10.6 Å². The third kappa shape index (κ3) is 8.67. The molecule has 1 aliphatic heterocycles. The van der Waals surface area contributed by atoms with E-state index in [0.717, 1.165) is 44.9 Å². The Morgan fingerprint density at radius 1 is 0.949 bits per heavy atom. The summed E-state index contributed by atoms with van der Waals surface area (Å²) in [5.74, 6) is -3.13. The van der Waals surface area contributed by atoms with Crippen molar-refractivity contribution in [2.45, 2.75) is 123 Å². The number of aliphatic carboxylic acids is 1. The van der Waals surface area contributed by atoms with E-state index in [0.29, 0.717) is 25.3 Å². The number of carboxylic acid groups (broad SMARTS) is 1. The number of rotatable bonds is 11. The molecule has 3 rings (SSSR count). The fourth-order valence-electron chi connectivity index (χ4n) is 6.04. The molecule has 3 aliphatic rings. The van der Waals surface area contributed by atoms with Crippen molar-refractivity contribution in [1.82, 2.24) is 15.5 Å². The normalized spacial score (nSPS) is 23.7. The van der Waals surface area contributed by atoms with E-state index < -0.39 is 47.5 Å². The van der Waals surface area contributed by atoms with Gasteiger partial charge in [-0.15, -0.1) is 0 Å². The smallest absolute Gasteiger partial charge is 0.408 e. The summed E-state index contributed by atoms with van der Waals surface area (Å²) in [6.45, 7) is 9.61. The van der Waals surface area contributed by atoms with E-state index in [4.69, 9.17) is 4.74 Å². The average molecular weight is 550 g/mol. The molecule has 1 saturated heterocycles. The molecule has 4 atom stereocenters. The van der Waals surface area contributed by atoms with Gasteiger partial charge >= 0.3 is 12.1 Å². The zero-order valence-electron chi connectivity index (χ0n) is 24.2. The summed E-state index contributed by atoms with van der Waals surface area (Å²) in [6.07, 6.45) is 7.56. The maximum Gasteiger partial charge on any atom is 0.408 e. The Morgan fingerprint density at radius 3 is 2.13 bits per heavy atom. The van der Waals surface area contributed by atoms with Crippen LogP contribution in [0.4, 0.5) is 4.79 Å². The van der Waals surface area contributed by atoms with E-state index in [-0.39, 0.29) is 30.1 Å². The van der Waals surface area contributed by atoms with E-state index in [2.05, 4.69) is 10.6 Å². The number of carbonyl (C=O) groups excluding carboxylic acids is 4. The van der Waals surface area contributed by atoms with Crippen LogP contribution in [0.2, 0.25) is 0 Å². The summed E-state index contributed by atoms with van der Waals surface area (Å²) >= 11 is 0. The zero-order valence-corrected chi connectivity index (χ0v) is 24.2. The molecule has 0 aromatic carbocycles. The maximum atomic E-state index is 14.1. The molecule has 10 heteroatoms. The molecule has 3 N–H and O–H groups in total. The minimum Gasteiger partial charge on any atom is -0.475 e. The van der Waals surface area contributed by atoms with Crippen LogP contribution in [-0.2, 0) is 23.9 Å². The highest BCUT2D eigenvalue weighted by molar-refractivity contribution is 6.35. The van der Waals surface area contributed by atoms with Crippen LogP contribution in [0.5, 0.6) is 0 Å². The van der Waals surface area contributed by atoms with Gasteiger partial charge < -0.3 is 25.4 Å². The van der Waals surface area contributed by atoms with E-state index in [9.17, 15) is 29.1 Å². The van der Waals surface area contributed by atoms with Crippen LogP contribution in [0.3, 0.4) is 0 Å². The van der Waals surface area contributed by atoms with Crippen molar-refractivity contribution >= 4 is 29.7 Å². The molecule has 0 radical (unpaired) electrons. The number of alkyl carbamates (subject to hydrolysis) is 1. The second kappa shape index (κ2) is 13.1. The molecule has 0 aromatic rings. The highest BCUT2D eigenvalue weighted by Crippen LogP contribution is 2.35. The van der Waals surface area contributed by atoms with Gasteiger partial charge in [-0.1, -0.05) is 46.0 Å². The van der Waals surface area contributed by atoms with Crippen LogP contribution in [0.25, 0.3) is 0 Å². The number of nitrogens with one attached hydrogen (secondary N) is 2. The molecule has 10 nitrogen and oxygen atoms in total. The lowest BCUT2D eigenvalue weighted by Crippen LogP contribution is -2.59. The minimum absolute atomic E-state index is 0.0690. The molecule has 3 amide bonds. The molecule has 2 unspecified atom stereocenters. The number of Topliss-reactive ketones (excluding diaryl/α,β-unsaturated/α-hetero) is 1. The number of carboxylic acids is 1. The van der Waals surface area contributed by atoms with Crippen molar-refractivity contribution in [2.24, 2.45) is 23.7 Å². The standard InChI is InChI=1S/C29H47N3O7/c1-17(2)20-15-16-32(23(20)25(34)30-21(24(33)27(36)37)14-13-18-11-12-18)26(35)22(19-9-7-6-8-10-19)31-28(38)39-29(3,4)5/h17-23H,6-16H2,1-5H3,(H,30,34)(H,31,38)(H,36,37)/t20?,21?,22-,23-/m0/s1. The first-order valence-electron chi connectivity index (χ1n) is 14.7. The Kier molecular flexibility index (Phi) is 10.4. The topological polar surface area (TPSA) is 142 Å². The lowest BCUT2D eigenvalue weighted by molar-refractivity contribution is -0.151. The molecule has 0 spiro atoms. The van der Waals surface area contributed by atoms with Gasteiger partial charge in [0.05, 0.1) is 6.04 Å². The Morgan fingerprint density at radius 2 is 1.59 bits per heavy atom. The third-order valence-corrected chi connectivity index (χ3v) is 8.32. The molecular weight excluding hydrogens is 502 g/mol. The quantitative estimate of drug-likeness (QED) is 0.334. The van der Waals surface area contributed by atoms with Gasteiger partial charge in [0.15, 0.2) is 0 Å². The molecule has 2 aliphatic carbocycles. The second-order valence-electron chi connectivity index (χ2n) is 12.9. The minimum atomic E-state index is -1.57. The Balaban J connectivity index is 1.83. The summed E-state index contributed by atoms with van der Waals surface area (Å²) in [5.41, 5.74) is -0.727. The Bertz CT molecular complexity index is 918. The van der Waals surface area contributed by atoms with Gasteiger partial charge in [0.25, 0.3) is 5.78 Å². The molecule has 3 fully saturated rings. The lowest BCUT2D eigenvalue weighted by Gasteiger charge is -2.36. The Labute approximate surface area is 232 Å². The number of ketones is 1. The average Bonchev–Trinajstić information content (AvgIpc) is 3.58. The molecule has 0 bridgehead atoms. The van der Waals surface area contributed by atoms with Gasteiger partial charge in [-0.25, -0.2) is 9.59 Å². The van der Waals surface area contributed by atoms with Crippen molar-refractivity contribution in [3.8, 4) is 0 Å². The predicted molar refractivity (Wildman–Crippen MR) is 145 cm³/mol. The molecule has 39 heavy (non-hydrogen) atoms. The van der Waals surface area contributed by atoms with E-state index in [1.54, 1.807) is 25.7 Å². The van der Waals surface area contributed by atoms with Gasteiger partial charge in [0.1, 0.15) is 17.7 Å². The SMILES string of the molecule is CC(C)C1CCN(C(=O)[C@@H](NC(=O)OC(C)(C)C)C2CCCCC2)[C@@H]1C(=O)NC(CCC1CC1)C(=O)C(=O)O. The van der Waals surface area contributed by atoms with Crippen molar-refractivity contribution < 1.29 is 33.8 Å². The summed E-state index contributed by atoms with van der Waals surface area (Å²) in [5, 5.41) is 14.9. The van der Waals surface area contributed by atoms with Crippen molar-refractivity contribution in [2.75, 3.05) is 6.54 Å². The molecule has 2 saturated carbocycles. The van der Waals surface area contributed by atoms with Gasteiger partial charge in [-0.3, -0.25) is 14.4 Å². The van der Waals surface area contributed by atoms with Gasteiger partial charge in [0, 0.05) is 6.54 Å². The maximum absolute atomic E-state index is 14.1. The molecule has 1 heterocycles. The largest absolute Gasteiger partial charge is 0.475 e. The van der Waals surface area contributed by atoms with E-state index >= 15 is 0 Å². The van der Waals surface area contributed by atoms with Crippen molar-refractivity contribution in [1.29, 1.82) is 0 Å². The van der Waals surface area contributed by atoms with Crippen molar-refractivity contribution in [3.63, 3.8) is 0 Å². The number of amides is 3. The Hall–Kier alpha value is -2.65. The number of hydrogen-bond acceptors (Lipinski definition) is 6. The second-order valence-corrected chi connectivity index (χ2v) is 12.9. The lowest BCUT2D eigenvalue weighted by atomic mass is 9.83. The number of ether oxygens (including phenoxy) is 1. The highest BCUT2D eigenvalue weighted by Gasteiger charge is 2.47. The van der Waals surface area contributed by atoms with Crippen molar-refractivity contribution in [3.05, 3.63) is 0 Å². The molecular formula is C29H47N3O7. The van der Waals surface area contributed by atoms with E-state index in [1.165, 1.54) is 0 Å². The first-order chi connectivity index (χ1) is 18.3. The predicted octanol–water partition coefficient (Wildman–Crippen LogP) is 3.66. The summed E-state index contributed by atoms with van der Waals surface area (Å²) < 4.78 is 5.46. The van der Waals surface area contributed by atoms with Gasteiger partial charge in [-0.05, 0) is 76.5 Å². The fraction of sp³-hybridized carbons (Fsp3) is 0.828.